The van der Waals surface area contributed by atoms with Gasteiger partial charge in [-0.25, -0.2) is 13.8 Å². The van der Waals surface area contributed by atoms with Crippen molar-refractivity contribution in [3.63, 3.8) is 0 Å². The van der Waals surface area contributed by atoms with Gasteiger partial charge in [-0.15, -0.1) is 0 Å². The van der Waals surface area contributed by atoms with Gasteiger partial charge in [0.25, 0.3) is 0 Å². The summed E-state index contributed by atoms with van der Waals surface area (Å²) in [4.78, 5) is 28.6. The van der Waals surface area contributed by atoms with Crippen LogP contribution in [0, 0.1) is 11.6 Å². The molecule has 0 saturated carbocycles. The minimum atomic E-state index is -0.767. The van der Waals surface area contributed by atoms with Crippen LogP contribution in [0.1, 0.15) is 12.0 Å². The molecular weight excluding hydrogens is 556 g/mol. The third kappa shape index (κ3) is 9.71. The highest BCUT2D eigenvalue weighted by Gasteiger charge is 2.13. The second-order valence-corrected chi connectivity index (χ2v) is 9.09. The van der Waals surface area contributed by atoms with Crippen molar-refractivity contribution in [2.45, 2.75) is 13.0 Å². The van der Waals surface area contributed by atoms with Gasteiger partial charge in [0.05, 0.1) is 5.69 Å². The van der Waals surface area contributed by atoms with Gasteiger partial charge in [-0.2, -0.15) is 0 Å². The topological polar surface area (TPSA) is 127 Å². The molecule has 0 aromatic heterocycles. The standard InChI is InChI=1S/C32H29F2N5O4/c1-36-32(18-29(35)37-23-11-14-26(15-12-23)42-20-21-5-3-2-4-6-21)43-28-16-13-25(17-27(28)34)39-31(41)19-30(40)38-24-9-7-22(33)8-10-24/h2-18,36H,19-20H2,1H3,(H2,35,37)(H,38,40)(H,39,41)/b32-18+. The molecule has 0 atom stereocenters. The van der Waals surface area contributed by atoms with Crippen LogP contribution in [0.5, 0.6) is 11.5 Å². The van der Waals surface area contributed by atoms with Gasteiger partial charge in [-0.3, -0.25) is 9.59 Å². The Bertz CT molecular complexity index is 1610. The lowest BCUT2D eigenvalue weighted by Crippen LogP contribution is -2.21. The molecular formula is C32H29F2N5O4. The predicted octanol–water partition coefficient (Wildman–Crippen LogP) is 5.64. The van der Waals surface area contributed by atoms with Crippen molar-refractivity contribution in [1.29, 1.82) is 0 Å². The number of carbonyl (C=O) groups excluding carboxylic acids is 2. The van der Waals surface area contributed by atoms with Crippen LogP contribution in [0.2, 0.25) is 0 Å². The number of halogens is 2. The number of carbonyl (C=O) groups is 2. The van der Waals surface area contributed by atoms with E-state index in [4.69, 9.17) is 15.2 Å². The van der Waals surface area contributed by atoms with Crippen LogP contribution in [-0.4, -0.2) is 24.7 Å². The van der Waals surface area contributed by atoms with E-state index < -0.39 is 29.9 Å². The van der Waals surface area contributed by atoms with E-state index in [1.165, 1.54) is 42.5 Å². The molecule has 9 nitrogen and oxygen atoms in total. The zero-order valence-electron chi connectivity index (χ0n) is 23.1. The van der Waals surface area contributed by atoms with Crippen molar-refractivity contribution in [2.24, 2.45) is 10.7 Å². The number of nitrogens with zero attached hydrogens (tertiary/aromatic N) is 1. The zero-order chi connectivity index (χ0) is 30.6. The van der Waals surface area contributed by atoms with Crippen LogP contribution in [0.15, 0.2) is 114 Å². The lowest BCUT2D eigenvalue weighted by atomic mass is 10.2. The van der Waals surface area contributed by atoms with Gasteiger partial charge in [0.15, 0.2) is 17.4 Å². The van der Waals surface area contributed by atoms with Gasteiger partial charge in [0, 0.05) is 30.6 Å². The molecule has 4 aromatic rings. The highest BCUT2D eigenvalue weighted by Crippen LogP contribution is 2.23. The van der Waals surface area contributed by atoms with Gasteiger partial charge < -0.3 is 31.2 Å². The molecule has 0 fully saturated rings. The first-order valence-electron chi connectivity index (χ1n) is 13.1. The Morgan fingerprint density at radius 2 is 1.51 bits per heavy atom. The largest absolute Gasteiger partial charge is 0.489 e. The molecule has 0 unspecified atom stereocenters. The number of aliphatic imine (C=N–C) groups is 1. The average Bonchev–Trinajstić information content (AvgIpc) is 2.99. The van der Waals surface area contributed by atoms with Crippen LogP contribution in [0.4, 0.5) is 25.8 Å². The SMILES string of the molecule is CN/C(=C\C(N)=Nc1ccc(OCc2ccccc2)cc1)Oc1ccc(NC(=O)CC(=O)Nc2ccc(F)cc2)cc1F. The molecule has 4 aromatic carbocycles. The first-order valence-corrected chi connectivity index (χ1v) is 13.1. The Balaban J connectivity index is 1.30. The van der Waals surface area contributed by atoms with E-state index >= 15 is 0 Å². The van der Waals surface area contributed by atoms with Gasteiger partial charge in [-0.1, -0.05) is 30.3 Å². The number of rotatable bonds is 12. The summed E-state index contributed by atoms with van der Waals surface area (Å²) in [5.41, 5.74) is 8.15. The zero-order valence-corrected chi connectivity index (χ0v) is 23.1. The van der Waals surface area contributed by atoms with E-state index in [1.54, 1.807) is 31.3 Å². The number of benzene rings is 4. The third-order valence-corrected chi connectivity index (χ3v) is 5.75. The molecule has 0 aliphatic heterocycles. The Morgan fingerprint density at radius 1 is 0.860 bits per heavy atom. The fourth-order valence-corrected chi connectivity index (χ4v) is 3.70. The molecule has 4 rings (SSSR count). The van der Waals surface area contributed by atoms with Gasteiger partial charge >= 0.3 is 0 Å². The fourth-order valence-electron chi connectivity index (χ4n) is 3.70. The third-order valence-electron chi connectivity index (χ3n) is 5.75. The summed E-state index contributed by atoms with van der Waals surface area (Å²) in [7, 11) is 1.57. The summed E-state index contributed by atoms with van der Waals surface area (Å²) >= 11 is 0. The van der Waals surface area contributed by atoms with Gasteiger partial charge in [0.2, 0.25) is 11.8 Å². The molecule has 0 aliphatic rings. The molecule has 11 heteroatoms. The quantitative estimate of drug-likeness (QED) is 0.0738. The lowest BCUT2D eigenvalue weighted by molar-refractivity contribution is -0.123. The second kappa shape index (κ2) is 14.8. The lowest BCUT2D eigenvalue weighted by Gasteiger charge is -2.12. The van der Waals surface area contributed by atoms with Crippen LogP contribution in [-0.2, 0) is 16.2 Å². The number of hydrogen-bond acceptors (Lipinski definition) is 6. The first kappa shape index (κ1) is 30.3. The number of ether oxygens (including phenoxy) is 2. The first-order chi connectivity index (χ1) is 20.8. The minimum Gasteiger partial charge on any atom is -0.489 e. The van der Waals surface area contributed by atoms with E-state index in [0.717, 1.165) is 11.6 Å². The van der Waals surface area contributed by atoms with Crippen molar-refractivity contribution in [3.8, 4) is 11.5 Å². The molecule has 43 heavy (non-hydrogen) atoms. The van der Waals surface area contributed by atoms with E-state index in [0.29, 0.717) is 23.7 Å². The predicted molar refractivity (Wildman–Crippen MR) is 161 cm³/mol. The van der Waals surface area contributed by atoms with Gasteiger partial charge in [0.1, 0.15) is 30.4 Å². The van der Waals surface area contributed by atoms with E-state index in [-0.39, 0.29) is 23.2 Å². The number of nitrogens with two attached hydrogens (primary N) is 1. The van der Waals surface area contributed by atoms with Crippen molar-refractivity contribution >= 4 is 34.7 Å². The van der Waals surface area contributed by atoms with Crippen LogP contribution in [0.25, 0.3) is 0 Å². The molecule has 0 heterocycles. The van der Waals surface area contributed by atoms with E-state index in [1.807, 2.05) is 30.3 Å². The number of amides is 2. The summed E-state index contributed by atoms with van der Waals surface area (Å²) in [6.45, 7) is 0.442. The summed E-state index contributed by atoms with van der Waals surface area (Å²) in [5, 5.41) is 7.71. The molecule has 5 N–H and O–H groups in total. The Labute approximate surface area is 247 Å². The van der Waals surface area contributed by atoms with Crippen molar-refractivity contribution in [1.82, 2.24) is 5.32 Å². The molecule has 0 bridgehead atoms. The molecule has 220 valence electrons. The fraction of sp³-hybridized carbons (Fsp3) is 0.0938. The summed E-state index contributed by atoms with van der Waals surface area (Å²) < 4.78 is 39.1. The molecule has 0 radical (unpaired) electrons. The Hall–Kier alpha value is -5.71. The average molecular weight is 586 g/mol. The Kier molecular flexibility index (Phi) is 10.4. The molecule has 2 amide bonds. The maximum Gasteiger partial charge on any atom is 0.233 e. The summed E-state index contributed by atoms with van der Waals surface area (Å²) in [5.74, 6) is -1.73. The van der Waals surface area contributed by atoms with Crippen molar-refractivity contribution < 1.29 is 27.8 Å². The normalized spacial score (nSPS) is 11.4. The monoisotopic (exact) mass is 585 g/mol. The van der Waals surface area contributed by atoms with Crippen molar-refractivity contribution in [2.75, 3.05) is 17.7 Å². The van der Waals surface area contributed by atoms with E-state index in [9.17, 15) is 18.4 Å². The second-order valence-electron chi connectivity index (χ2n) is 9.09. The Morgan fingerprint density at radius 3 is 2.16 bits per heavy atom. The summed E-state index contributed by atoms with van der Waals surface area (Å²) in [6, 6.07) is 25.7. The highest BCUT2D eigenvalue weighted by atomic mass is 19.1. The molecule has 0 spiro atoms. The number of hydrogen-bond donors (Lipinski definition) is 4. The van der Waals surface area contributed by atoms with Gasteiger partial charge in [-0.05, 0) is 66.2 Å². The highest BCUT2D eigenvalue weighted by molar-refractivity contribution is 6.08. The van der Waals surface area contributed by atoms with E-state index in [2.05, 4.69) is 20.9 Å². The maximum absolute atomic E-state index is 14.8. The maximum atomic E-state index is 14.8. The van der Waals surface area contributed by atoms with Crippen molar-refractivity contribution in [3.05, 3.63) is 126 Å². The minimum absolute atomic E-state index is 0.102. The number of amidine groups is 1. The number of anilines is 2. The molecule has 0 saturated heterocycles. The van der Waals surface area contributed by atoms with Crippen LogP contribution in [0.3, 0.4) is 0 Å². The summed E-state index contributed by atoms with van der Waals surface area (Å²) in [6.07, 6.45) is 0.876. The molecule has 0 aliphatic carbocycles. The van der Waals surface area contributed by atoms with Crippen LogP contribution >= 0.6 is 0 Å². The van der Waals surface area contributed by atoms with Crippen LogP contribution < -0.4 is 31.2 Å². The smallest absolute Gasteiger partial charge is 0.233 e. The number of nitrogens with one attached hydrogen (secondary N) is 3.